The summed E-state index contributed by atoms with van der Waals surface area (Å²) in [5.74, 6) is 0.824. The van der Waals surface area contributed by atoms with Crippen LogP contribution in [0.25, 0.3) is 0 Å². The van der Waals surface area contributed by atoms with Gasteiger partial charge in [-0.2, -0.15) is 10.5 Å². The number of hydrogen-bond donors (Lipinski definition) is 2. The Balaban J connectivity index is 1.48. The molecule has 0 unspecified atom stereocenters. The normalized spacial score (nSPS) is 16.5. The van der Waals surface area contributed by atoms with Crippen LogP contribution in [0.1, 0.15) is 13.8 Å². The Kier molecular flexibility index (Phi) is 7.88. The van der Waals surface area contributed by atoms with Crippen LogP contribution >= 0.6 is 12.2 Å². The third-order valence-electron chi connectivity index (χ3n) is 5.88. The molecule has 0 atom stereocenters. The largest absolute Gasteiger partial charge is 0.497 e. The maximum atomic E-state index is 9.13. The zero-order valence-corrected chi connectivity index (χ0v) is 19.6. The first-order valence-electron chi connectivity index (χ1n) is 10.7. The number of nitriles is 2. The standard InChI is InChI=1S/C24H28N6OS/c1-18-14-20(21(16-25)17-26)15-19(2)30(18)13-10-28-8-11-29(12-9-28)24(32)27-22-4-6-23(31-3)7-5-22/h4-7,14-15H,8-13H2,1-3H3,(H,27,32)/p+1. The molecule has 8 heteroatoms. The van der Waals surface area contributed by atoms with Crippen LogP contribution in [0, 0.1) is 22.7 Å². The highest BCUT2D eigenvalue weighted by atomic mass is 32.1. The van der Waals surface area contributed by atoms with Crippen LogP contribution in [-0.2, 0) is 0 Å². The second kappa shape index (κ2) is 10.8. The van der Waals surface area contributed by atoms with Crippen molar-refractivity contribution in [2.45, 2.75) is 13.8 Å². The molecule has 7 nitrogen and oxygen atoms in total. The molecule has 0 radical (unpaired) electrons. The van der Waals surface area contributed by atoms with Crippen LogP contribution in [0.15, 0.2) is 59.0 Å². The monoisotopic (exact) mass is 449 g/mol. The summed E-state index contributed by atoms with van der Waals surface area (Å²) in [5.41, 5.74) is 3.94. The summed E-state index contributed by atoms with van der Waals surface area (Å²) in [4.78, 5) is 6.03. The molecule has 2 N–H and O–H groups in total. The van der Waals surface area contributed by atoms with Gasteiger partial charge < -0.3 is 24.8 Å². The smallest absolute Gasteiger partial charge is 0.173 e. The molecule has 1 aromatic rings. The van der Waals surface area contributed by atoms with E-state index in [4.69, 9.17) is 27.5 Å². The van der Waals surface area contributed by atoms with Crippen molar-refractivity contribution in [2.24, 2.45) is 0 Å². The fourth-order valence-corrected chi connectivity index (χ4v) is 4.30. The van der Waals surface area contributed by atoms with Gasteiger partial charge in [-0.3, -0.25) is 0 Å². The van der Waals surface area contributed by atoms with Gasteiger partial charge in [-0.15, -0.1) is 0 Å². The van der Waals surface area contributed by atoms with Gasteiger partial charge in [0.25, 0.3) is 0 Å². The number of thiocarbonyl (C=S) groups is 1. The number of piperazine rings is 1. The number of hydrogen-bond acceptors (Lipinski definition) is 5. The minimum Gasteiger partial charge on any atom is -0.497 e. The van der Waals surface area contributed by atoms with E-state index in [9.17, 15) is 0 Å². The van der Waals surface area contributed by atoms with Crippen molar-refractivity contribution >= 4 is 23.0 Å². The molecule has 1 aromatic carbocycles. The van der Waals surface area contributed by atoms with Gasteiger partial charge in [-0.25, -0.2) is 0 Å². The van der Waals surface area contributed by atoms with Gasteiger partial charge in [0.05, 0.1) is 46.4 Å². The van der Waals surface area contributed by atoms with E-state index in [0.29, 0.717) is 5.57 Å². The number of nitrogens with one attached hydrogen (secondary N) is 2. The summed E-state index contributed by atoms with van der Waals surface area (Å²) < 4.78 is 5.20. The van der Waals surface area contributed by atoms with E-state index in [2.05, 4.69) is 15.1 Å². The van der Waals surface area contributed by atoms with Crippen LogP contribution < -0.4 is 15.0 Å². The Hall–Kier alpha value is -3.33. The molecule has 0 amide bonds. The number of benzene rings is 1. The Labute approximate surface area is 195 Å². The maximum absolute atomic E-state index is 9.13. The number of allylic oxidation sites excluding steroid dienone is 6. The van der Waals surface area contributed by atoms with Gasteiger partial charge in [0.1, 0.15) is 23.5 Å². The van der Waals surface area contributed by atoms with E-state index in [-0.39, 0.29) is 5.57 Å². The Morgan fingerprint density at radius 1 is 1.09 bits per heavy atom. The highest BCUT2D eigenvalue weighted by Crippen LogP contribution is 2.23. The van der Waals surface area contributed by atoms with E-state index in [1.807, 2.05) is 62.4 Å². The van der Waals surface area contributed by atoms with E-state index in [1.165, 1.54) is 0 Å². The highest BCUT2D eigenvalue weighted by Gasteiger charge is 2.23. The number of nitrogens with zero attached hydrogens (tertiary/aromatic N) is 4. The van der Waals surface area contributed by atoms with Crippen LogP contribution in [0.3, 0.4) is 0 Å². The SMILES string of the molecule is COc1ccc(NC(=S)N2CC[NH+](CCN3C(C)=CC(=C(C#N)C#N)C=C3C)CC2)cc1. The van der Waals surface area contributed by atoms with E-state index in [1.54, 1.807) is 12.0 Å². The van der Waals surface area contributed by atoms with E-state index < -0.39 is 0 Å². The maximum Gasteiger partial charge on any atom is 0.173 e. The summed E-state index contributed by atoms with van der Waals surface area (Å²) in [5, 5.41) is 22.3. The molecule has 3 rings (SSSR count). The van der Waals surface area contributed by atoms with Crippen LogP contribution in [0.5, 0.6) is 5.75 Å². The Morgan fingerprint density at radius 3 is 2.22 bits per heavy atom. The highest BCUT2D eigenvalue weighted by molar-refractivity contribution is 7.80. The molecule has 0 spiro atoms. The predicted octanol–water partition coefficient (Wildman–Crippen LogP) is 2.06. The third kappa shape index (κ3) is 5.67. The first kappa shape index (κ1) is 23.3. The number of quaternary nitrogens is 1. The summed E-state index contributed by atoms with van der Waals surface area (Å²) in [6.07, 6.45) is 3.84. The topological polar surface area (TPSA) is 79.8 Å². The lowest BCUT2D eigenvalue weighted by atomic mass is 10.0. The van der Waals surface area contributed by atoms with E-state index in [0.717, 1.165) is 67.2 Å². The predicted molar refractivity (Wildman–Crippen MR) is 129 cm³/mol. The van der Waals surface area contributed by atoms with Crippen molar-refractivity contribution in [3.05, 3.63) is 59.0 Å². The first-order valence-corrected chi connectivity index (χ1v) is 11.1. The van der Waals surface area contributed by atoms with Crippen molar-refractivity contribution in [3.8, 4) is 17.9 Å². The molecule has 0 bridgehead atoms. The minimum absolute atomic E-state index is 0.157. The number of methoxy groups -OCH3 is 1. The van der Waals surface area contributed by atoms with Gasteiger partial charge in [-0.05, 0) is 62.5 Å². The fourth-order valence-electron chi connectivity index (χ4n) is 4.00. The molecule has 2 aliphatic rings. The van der Waals surface area contributed by atoms with Crippen molar-refractivity contribution in [1.29, 1.82) is 10.5 Å². The number of anilines is 1. The summed E-state index contributed by atoms with van der Waals surface area (Å²) in [6, 6.07) is 11.7. The Bertz CT molecular complexity index is 982. The first-order chi connectivity index (χ1) is 15.4. The molecule has 1 saturated heterocycles. The molecular formula is C24H29N6OS+. The average Bonchev–Trinajstić information content (AvgIpc) is 2.80. The molecular weight excluding hydrogens is 420 g/mol. The fraction of sp³-hybridized carbons (Fsp3) is 0.375. The van der Waals surface area contributed by atoms with Crippen LogP contribution in [0.4, 0.5) is 5.69 Å². The van der Waals surface area contributed by atoms with Gasteiger partial charge >= 0.3 is 0 Å². The average molecular weight is 450 g/mol. The third-order valence-corrected chi connectivity index (χ3v) is 6.24. The second-order valence-corrected chi connectivity index (χ2v) is 8.31. The number of rotatable bonds is 5. The van der Waals surface area contributed by atoms with Crippen molar-refractivity contribution in [2.75, 3.05) is 51.7 Å². The van der Waals surface area contributed by atoms with Crippen LogP contribution in [-0.4, -0.2) is 61.3 Å². The lowest BCUT2D eigenvalue weighted by molar-refractivity contribution is -0.903. The molecule has 2 aliphatic heterocycles. The molecule has 0 saturated carbocycles. The molecule has 166 valence electrons. The van der Waals surface area contributed by atoms with Crippen molar-refractivity contribution < 1.29 is 9.64 Å². The van der Waals surface area contributed by atoms with Crippen molar-refractivity contribution in [1.82, 2.24) is 9.80 Å². The molecule has 0 aliphatic carbocycles. The van der Waals surface area contributed by atoms with Crippen molar-refractivity contribution in [3.63, 3.8) is 0 Å². The molecule has 1 fully saturated rings. The van der Waals surface area contributed by atoms with Gasteiger partial charge in [0, 0.05) is 22.7 Å². The molecule has 2 heterocycles. The Morgan fingerprint density at radius 2 is 1.69 bits per heavy atom. The second-order valence-electron chi connectivity index (χ2n) is 7.92. The van der Waals surface area contributed by atoms with E-state index >= 15 is 0 Å². The lowest BCUT2D eigenvalue weighted by Crippen LogP contribution is -3.15. The van der Waals surface area contributed by atoms with Crippen LogP contribution in [0.2, 0.25) is 0 Å². The van der Waals surface area contributed by atoms with Gasteiger partial charge in [-0.1, -0.05) is 0 Å². The van der Waals surface area contributed by atoms with Gasteiger partial charge in [0.15, 0.2) is 5.11 Å². The summed E-state index contributed by atoms with van der Waals surface area (Å²) >= 11 is 5.61. The summed E-state index contributed by atoms with van der Waals surface area (Å²) in [7, 11) is 1.66. The minimum atomic E-state index is 0.157. The molecule has 0 aromatic heterocycles. The quantitative estimate of drug-likeness (QED) is 0.526. The zero-order chi connectivity index (χ0) is 23.1. The summed E-state index contributed by atoms with van der Waals surface area (Å²) in [6.45, 7) is 9.87. The van der Waals surface area contributed by atoms with Gasteiger partial charge in [0.2, 0.25) is 0 Å². The zero-order valence-electron chi connectivity index (χ0n) is 18.8. The molecule has 32 heavy (non-hydrogen) atoms. The lowest BCUT2D eigenvalue weighted by Gasteiger charge is -2.36. The number of ether oxygens (including phenoxy) is 1.